The molecule has 0 unspecified atom stereocenters. The average Bonchev–Trinajstić information content (AvgIpc) is 0.811. The molecule has 6 heteroatoms. The van der Waals surface area contributed by atoms with Crippen molar-refractivity contribution in [1.29, 1.82) is 0 Å². The van der Waals surface area contributed by atoms with Crippen LogP contribution in [0.3, 0.4) is 0 Å². The Bertz CT molecular complexity index is 44.8. The zero-order valence-electron chi connectivity index (χ0n) is 3.25. The summed E-state index contributed by atoms with van der Waals surface area (Å²) in [5, 5.41) is 16.7. The van der Waals surface area contributed by atoms with Crippen molar-refractivity contribution < 1.29 is 38.3 Å². The maximum Gasteiger partial charge on any atom is 2.00 e. The molecule has 0 atom stereocenters. The summed E-state index contributed by atoms with van der Waals surface area (Å²) in [6, 6.07) is 0. The first kappa shape index (κ1) is 22.9. The van der Waals surface area contributed by atoms with Crippen molar-refractivity contribution >= 4 is 71.2 Å². The van der Waals surface area contributed by atoms with Crippen LogP contribution in [0.25, 0.3) is 0 Å². The molecule has 4 radical (unpaired) electrons. The van der Waals surface area contributed by atoms with E-state index in [1.807, 2.05) is 0 Å². The normalized spacial score (nSPS) is 3.43. The molecule has 0 spiro atoms. The number of hydrogen-bond donors (Lipinski definition) is 0. The quantitative estimate of drug-likeness (QED) is 0.402. The van der Waals surface area contributed by atoms with E-state index in [2.05, 4.69) is 0 Å². The van der Waals surface area contributed by atoms with E-state index in [1.54, 1.807) is 0 Å². The zero-order valence-corrected chi connectivity index (χ0v) is 10.9. The second-order valence-corrected chi connectivity index (χ2v) is 0.250. The summed E-state index contributed by atoms with van der Waals surface area (Å²) in [4.78, 5) is 8.33. The Morgan fingerprint density at radius 1 is 1.43 bits per heavy atom. The molecule has 0 heterocycles. The van der Waals surface area contributed by atoms with Gasteiger partial charge in [0, 0.05) is 50.6 Å². The minimum absolute atomic E-state index is 0. The molecule has 7 heavy (non-hydrogen) atoms. The Hall–Kier alpha value is 2.11. The van der Waals surface area contributed by atoms with Crippen LogP contribution in [-0.2, 0) is 20.4 Å². The van der Waals surface area contributed by atoms with E-state index < -0.39 is 6.16 Å². The van der Waals surface area contributed by atoms with Crippen LogP contribution in [0.2, 0.25) is 0 Å². The van der Waals surface area contributed by atoms with E-state index >= 15 is 0 Å². The fourth-order valence-corrected chi connectivity index (χ4v) is 0. The maximum atomic E-state index is 8.33. The first-order valence-electron chi connectivity index (χ1n) is 0.612. The van der Waals surface area contributed by atoms with Gasteiger partial charge in [0.05, 0.1) is 0 Å². The third-order valence-corrected chi connectivity index (χ3v) is 0. The molecule has 0 saturated carbocycles. The molecule has 0 aliphatic rings. The van der Waals surface area contributed by atoms with Crippen molar-refractivity contribution in [1.82, 2.24) is 0 Å². The summed E-state index contributed by atoms with van der Waals surface area (Å²) in [5.41, 5.74) is 0. The summed E-state index contributed by atoms with van der Waals surface area (Å²) in [6.07, 6.45) is -2.33. The van der Waals surface area contributed by atoms with Gasteiger partial charge in [0.1, 0.15) is 0 Å². The van der Waals surface area contributed by atoms with Gasteiger partial charge in [-0.1, -0.05) is 0 Å². The van der Waals surface area contributed by atoms with E-state index in [4.69, 9.17) is 15.0 Å². The molecule has 0 bridgehead atoms. The molecule has 0 aromatic rings. The van der Waals surface area contributed by atoms with Gasteiger partial charge in [-0.15, -0.1) is 0 Å². The predicted octanol–water partition coefficient (Wildman–Crippen LogP) is -2.72. The number of rotatable bonds is 0. The van der Waals surface area contributed by atoms with Crippen LogP contribution >= 0.6 is 0 Å². The molecule has 0 saturated heterocycles. The Labute approximate surface area is 108 Å². The van der Waals surface area contributed by atoms with Gasteiger partial charge in [0.25, 0.3) is 0 Å². The maximum absolute atomic E-state index is 8.33. The summed E-state index contributed by atoms with van der Waals surface area (Å²) in [7, 11) is 0. The number of carboxylic acid groups (broad SMARTS) is 2. The van der Waals surface area contributed by atoms with Crippen molar-refractivity contribution in [3.05, 3.63) is 0 Å². The fraction of sp³-hybridized carbons (Fsp3) is 0. The molecule has 0 N–H and O–H groups in total. The first-order chi connectivity index (χ1) is 1.73. The molecular weight excluding hydrogens is 414 g/mol. The largest absolute Gasteiger partial charge is 2.00 e. The van der Waals surface area contributed by atoms with Gasteiger partial charge in [-0.05, 0) is 6.16 Å². The molecule has 0 aromatic heterocycles. The van der Waals surface area contributed by atoms with Crippen molar-refractivity contribution in [3.63, 3.8) is 0 Å². The average molecular weight is 418 g/mol. The van der Waals surface area contributed by atoms with Crippen LogP contribution < -0.4 is 10.2 Å². The van der Waals surface area contributed by atoms with Crippen LogP contribution in [0.1, 0.15) is 2.85 Å². The van der Waals surface area contributed by atoms with E-state index in [0.717, 1.165) is 0 Å². The van der Waals surface area contributed by atoms with Crippen LogP contribution in [-0.4, -0.2) is 71.2 Å². The molecule has 3 nitrogen and oxygen atoms in total. The molecule has 0 aromatic carbocycles. The van der Waals surface area contributed by atoms with E-state index in [-0.39, 0.29) is 88.3 Å². The summed E-state index contributed by atoms with van der Waals surface area (Å²) in [6.45, 7) is 0. The van der Waals surface area contributed by atoms with Gasteiger partial charge in [-0.3, -0.25) is 0 Å². The van der Waals surface area contributed by atoms with Gasteiger partial charge in [0.15, 0.2) is 0 Å². The van der Waals surface area contributed by atoms with Crippen molar-refractivity contribution in [2.24, 2.45) is 0 Å². The Morgan fingerprint density at radius 2 is 1.43 bits per heavy atom. The minimum atomic E-state index is -2.33. The van der Waals surface area contributed by atoms with E-state index in [1.165, 1.54) is 0 Å². The van der Waals surface area contributed by atoms with Crippen molar-refractivity contribution in [2.75, 3.05) is 0 Å². The van der Waals surface area contributed by atoms with Gasteiger partial charge in [-0.25, -0.2) is 0 Å². The summed E-state index contributed by atoms with van der Waals surface area (Å²) < 4.78 is 0. The van der Waals surface area contributed by atoms with Crippen LogP contribution in [0.4, 0.5) is 4.79 Å². The summed E-state index contributed by atoms with van der Waals surface area (Å²) >= 11 is 0. The van der Waals surface area contributed by atoms with Gasteiger partial charge < -0.3 is 15.0 Å². The molecular formula is CH4CaO3PbPd. The van der Waals surface area contributed by atoms with Gasteiger partial charge >= 0.3 is 37.7 Å². The van der Waals surface area contributed by atoms with Crippen LogP contribution in [0.15, 0.2) is 0 Å². The van der Waals surface area contributed by atoms with Crippen molar-refractivity contribution in [3.8, 4) is 0 Å². The molecule has 0 amide bonds. The Balaban J connectivity index is -0.00000000450. The third-order valence-electron chi connectivity index (χ3n) is 0. The Morgan fingerprint density at radius 3 is 1.43 bits per heavy atom. The monoisotopic (exact) mass is 418 g/mol. The molecule has 0 aliphatic carbocycles. The van der Waals surface area contributed by atoms with Crippen LogP contribution in [0, 0.1) is 0 Å². The second kappa shape index (κ2) is 15.7. The molecule has 0 aliphatic heterocycles. The molecule has 0 fully saturated rings. The van der Waals surface area contributed by atoms with Crippen molar-refractivity contribution in [2.45, 2.75) is 0 Å². The molecule has 0 rings (SSSR count). The topological polar surface area (TPSA) is 63.2 Å². The smallest absolute Gasteiger partial charge is 0.652 e. The molecule has 42 valence electrons. The second-order valence-electron chi connectivity index (χ2n) is 0.250. The standard InChI is InChI=1S/CH2O3.Ca.Pb.Pd.2H2/c2-1(3)4;;;;;/h(H2,2,3,4);;;;2*1H/q;+2;;;;/p-2. The van der Waals surface area contributed by atoms with E-state index in [0.29, 0.717) is 0 Å². The van der Waals surface area contributed by atoms with E-state index in [9.17, 15) is 0 Å². The first-order valence-corrected chi connectivity index (χ1v) is 0.612. The van der Waals surface area contributed by atoms with Gasteiger partial charge in [-0.2, -0.15) is 0 Å². The Kier molecular flexibility index (Phi) is 51.5. The third kappa shape index (κ3) is 67.9. The predicted molar refractivity (Wildman–Crippen MR) is 21.1 cm³/mol. The SMILES string of the molecule is O=C([O-])[O-].[Ca+2].[HH].[HH].[Pb].[Pd]. The summed E-state index contributed by atoms with van der Waals surface area (Å²) in [5.74, 6) is 0. The number of carbonyl (C=O) groups excluding carboxylic acids is 1. The number of hydrogen-bond acceptors (Lipinski definition) is 3. The number of carbonyl (C=O) groups is 1. The van der Waals surface area contributed by atoms with Gasteiger partial charge in [0.2, 0.25) is 0 Å². The zero-order chi connectivity index (χ0) is 3.58. The van der Waals surface area contributed by atoms with Crippen LogP contribution in [0.5, 0.6) is 0 Å². The fourth-order valence-electron chi connectivity index (χ4n) is 0. The minimum Gasteiger partial charge on any atom is -0.652 e.